The van der Waals surface area contributed by atoms with Gasteiger partial charge in [0.05, 0.1) is 22.8 Å². The average Bonchev–Trinajstić information content (AvgIpc) is 4.11. The smallest absolute Gasteiger partial charge is 0.339 e. The van der Waals surface area contributed by atoms with E-state index in [1.54, 1.807) is 42.5 Å². The Hall–Kier alpha value is -7.55. The number of hydrogen-bond donors (Lipinski definition) is 2. The van der Waals surface area contributed by atoms with E-state index in [-0.39, 0.29) is 10.6 Å². The minimum Gasteiger partial charge on any atom is -0.379 e. The molecule has 7 nitrogen and oxygen atoms in total. The molecule has 2 aliphatic rings. The molecule has 5 aromatic carbocycles. The van der Waals surface area contributed by atoms with Crippen LogP contribution in [0.1, 0.15) is 28.3 Å². The van der Waals surface area contributed by atoms with Crippen molar-refractivity contribution in [2.45, 2.75) is 11.8 Å². The van der Waals surface area contributed by atoms with Gasteiger partial charge in [-0.2, -0.15) is 8.42 Å². The lowest BCUT2D eigenvalue weighted by atomic mass is 10.0. The van der Waals surface area contributed by atoms with Crippen molar-refractivity contribution in [2.24, 2.45) is 0 Å². The SMILES string of the molecule is Cc1ccc(S(=O)(=O)Oc2cccc(-c3c4nc(c(-c5ccccc5)c5ccc([nH]5)c(-c5ccccc5)c5nc(c(-c6ccccc6)c6ccc3[nH]6)C=C5)C=C4)c2)cc1. The number of nitrogens with zero attached hydrogens (tertiary/aromatic N) is 2. The third-order valence-corrected chi connectivity index (χ3v) is 11.8. The summed E-state index contributed by atoms with van der Waals surface area (Å²) in [6, 6.07) is 52.9. The first-order chi connectivity index (χ1) is 28.9. The summed E-state index contributed by atoms with van der Waals surface area (Å²) >= 11 is 0. The van der Waals surface area contributed by atoms with E-state index in [1.807, 2.05) is 85.8 Å². The Morgan fingerprint density at radius 2 is 0.797 bits per heavy atom. The minimum atomic E-state index is -4.10. The van der Waals surface area contributed by atoms with Crippen molar-refractivity contribution >= 4 is 56.5 Å². The highest BCUT2D eigenvalue weighted by molar-refractivity contribution is 7.87. The molecule has 0 unspecified atom stereocenters. The first-order valence-corrected chi connectivity index (χ1v) is 20.7. The third kappa shape index (κ3) is 6.85. The molecule has 5 heterocycles. The number of nitrogens with one attached hydrogen (secondary N) is 2. The van der Waals surface area contributed by atoms with Gasteiger partial charge in [-0.25, -0.2) is 9.97 Å². The number of fused-ring (bicyclic) bond motifs is 8. The van der Waals surface area contributed by atoms with Crippen molar-refractivity contribution in [3.05, 3.63) is 192 Å². The molecule has 0 aliphatic carbocycles. The monoisotopic (exact) mass is 784 g/mol. The second-order valence-electron chi connectivity index (χ2n) is 14.5. The largest absolute Gasteiger partial charge is 0.379 e. The summed E-state index contributed by atoms with van der Waals surface area (Å²) in [7, 11) is -4.10. The van der Waals surface area contributed by atoms with Crippen LogP contribution in [0.4, 0.5) is 0 Å². The number of aryl methyl sites for hydroxylation is 1. The average molecular weight is 785 g/mol. The van der Waals surface area contributed by atoms with Crippen LogP contribution in [0.5, 0.6) is 5.75 Å². The Morgan fingerprint density at radius 3 is 1.20 bits per heavy atom. The van der Waals surface area contributed by atoms with Gasteiger partial charge < -0.3 is 14.2 Å². The number of rotatable bonds is 7. The van der Waals surface area contributed by atoms with Gasteiger partial charge in [-0.3, -0.25) is 0 Å². The van der Waals surface area contributed by atoms with E-state index in [4.69, 9.17) is 14.2 Å². The summed E-state index contributed by atoms with van der Waals surface area (Å²) in [5.41, 5.74) is 15.0. The van der Waals surface area contributed by atoms with E-state index in [2.05, 4.69) is 76.7 Å². The van der Waals surface area contributed by atoms with Crippen molar-refractivity contribution in [1.82, 2.24) is 19.9 Å². The fourth-order valence-electron chi connectivity index (χ4n) is 7.82. The molecule has 0 saturated heterocycles. The topological polar surface area (TPSA) is 101 Å². The highest BCUT2D eigenvalue weighted by Gasteiger charge is 2.21. The van der Waals surface area contributed by atoms with Gasteiger partial charge in [0.1, 0.15) is 10.6 Å². The maximum Gasteiger partial charge on any atom is 0.339 e. The highest BCUT2D eigenvalue weighted by Crippen LogP contribution is 2.39. The molecular formula is C51H36N4O3S. The molecule has 2 aliphatic heterocycles. The van der Waals surface area contributed by atoms with Crippen LogP contribution in [0.25, 0.3) is 90.9 Å². The van der Waals surface area contributed by atoms with Crippen molar-refractivity contribution < 1.29 is 12.6 Å². The summed E-state index contributed by atoms with van der Waals surface area (Å²) in [4.78, 5) is 18.3. The van der Waals surface area contributed by atoms with Crippen molar-refractivity contribution in [2.75, 3.05) is 0 Å². The lowest BCUT2D eigenvalue weighted by molar-refractivity contribution is 0.486. The van der Waals surface area contributed by atoms with Gasteiger partial charge in [0.2, 0.25) is 0 Å². The molecule has 2 N–H and O–H groups in total. The first-order valence-electron chi connectivity index (χ1n) is 19.3. The second-order valence-corrected chi connectivity index (χ2v) is 16.0. The van der Waals surface area contributed by atoms with Crippen LogP contribution in [-0.2, 0) is 10.1 Å². The zero-order valence-electron chi connectivity index (χ0n) is 31.9. The maximum atomic E-state index is 13.5. The van der Waals surface area contributed by atoms with E-state index < -0.39 is 10.1 Å². The maximum absolute atomic E-state index is 13.5. The van der Waals surface area contributed by atoms with Crippen molar-refractivity contribution in [1.29, 1.82) is 0 Å². The Bertz CT molecular complexity index is 3200. The van der Waals surface area contributed by atoms with E-state index in [1.165, 1.54) is 0 Å². The van der Waals surface area contributed by atoms with Gasteiger partial charge >= 0.3 is 10.1 Å². The number of benzene rings is 5. The second kappa shape index (κ2) is 14.8. The normalized spacial score (nSPS) is 12.2. The predicted molar refractivity (Wildman–Crippen MR) is 240 cm³/mol. The Morgan fingerprint density at radius 1 is 0.424 bits per heavy atom. The minimum absolute atomic E-state index is 0.0837. The van der Waals surface area contributed by atoms with Crippen LogP contribution in [0.2, 0.25) is 0 Å². The third-order valence-electron chi connectivity index (χ3n) is 10.6. The standard InChI is InChI=1S/C51H36N4O3S/c1-33-20-22-39(23-21-33)59(56,57)58-38-19-11-18-37(32-38)51-46-30-28-44(54-46)49(35-14-7-3-8-15-35)42-26-24-40(52-42)48(34-12-5-2-6-13-34)41-25-27-43(53-41)50(36-16-9-4-10-17-36)45-29-31-47(51)55-45/h2-32,52,55H,1H3. The van der Waals surface area contributed by atoms with Crippen LogP contribution in [0.3, 0.4) is 0 Å². The van der Waals surface area contributed by atoms with Gasteiger partial charge in [0.25, 0.3) is 0 Å². The predicted octanol–water partition coefficient (Wildman–Crippen LogP) is 12.4. The fourth-order valence-corrected chi connectivity index (χ4v) is 8.74. The summed E-state index contributed by atoms with van der Waals surface area (Å²) in [5, 5.41) is 0. The van der Waals surface area contributed by atoms with Crippen LogP contribution in [0, 0.1) is 6.92 Å². The lowest BCUT2D eigenvalue weighted by Gasteiger charge is -2.10. The molecular weight excluding hydrogens is 749 g/mol. The lowest BCUT2D eigenvalue weighted by Crippen LogP contribution is -2.09. The summed E-state index contributed by atoms with van der Waals surface area (Å²) in [6.07, 6.45) is 8.22. The van der Waals surface area contributed by atoms with Gasteiger partial charge in [-0.1, -0.05) is 121 Å². The summed E-state index contributed by atoms with van der Waals surface area (Å²) in [5.74, 6) is 0.187. The zero-order valence-corrected chi connectivity index (χ0v) is 32.7. The molecule has 10 rings (SSSR count). The first kappa shape index (κ1) is 35.8. The summed E-state index contributed by atoms with van der Waals surface area (Å²) < 4.78 is 32.7. The molecule has 3 aromatic heterocycles. The van der Waals surface area contributed by atoms with E-state index >= 15 is 0 Å². The van der Waals surface area contributed by atoms with Gasteiger partial charge in [0, 0.05) is 44.3 Å². The molecule has 284 valence electrons. The van der Waals surface area contributed by atoms with Gasteiger partial charge in [-0.15, -0.1) is 0 Å². The number of aromatic amines is 2. The number of hydrogen-bond acceptors (Lipinski definition) is 5. The molecule has 0 amide bonds. The molecule has 59 heavy (non-hydrogen) atoms. The van der Waals surface area contributed by atoms with E-state index in [0.717, 1.165) is 89.2 Å². The Kier molecular flexibility index (Phi) is 8.96. The molecule has 0 spiro atoms. The highest BCUT2D eigenvalue weighted by atomic mass is 32.2. The van der Waals surface area contributed by atoms with Crippen molar-refractivity contribution in [3.8, 4) is 50.3 Å². The van der Waals surface area contributed by atoms with Crippen LogP contribution < -0.4 is 4.18 Å². The zero-order chi connectivity index (χ0) is 39.9. The molecule has 0 radical (unpaired) electrons. The number of aromatic nitrogens is 4. The number of H-pyrrole nitrogens is 2. The Labute approximate surface area is 341 Å². The van der Waals surface area contributed by atoms with Crippen LogP contribution >= 0.6 is 0 Å². The molecule has 0 saturated carbocycles. The molecule has 8 aromatic rings. The molecule has 0 atom stereocenters. The fraction of sp³-hybridized carbons (Fsp3) is 0.0196. The molecule has 0 fully saturated rings. The summed E-state index contributed by atoms with van der Waals surface area (Å²) in [6.45, 7) is 1.91. The van der Waals surface area contributed by atoms with E-state index in [9.17, 15) is 8.42 Å². The quantitative estimate of drug-likeness (QED) is 0.157. The molecule has 8 heteroatoms. The van der Waals surface area contributed by atoms with E-state index in [0.29, 0.717) is 5.69 Å². The van der Waals surface area contributed by atoms with Gasteiger partial charge in [-0.05, 0) is 102 Å². The Balaban J connectivity index is 1.29. The van der Waals surface area contributed by atoms with Gasteiger partial charge in [0.15, 0.2) is 0 Å². The molecule has 8 bridgehead atoms. The van der Waals surface area contributed by atoms with Crippen molar-refractivity contribution in [3.63, 3.8) is 0 Å². The van der Waals surface area contributed by atoms with Crippen LogP contribution in [0.15, 0.2) is 169 Å². The van der Waals surface area contributed by atoms with Crippen LogP contribution in [-0.4, -0.2) is 28.4 Å².